The van der Waals surface area contributed by atoms with Gasteiger partial charge in [0, 0.05) is 17.3 Å². The molecule has 0 aliphatic heterocycles. The molecule has 0 N–H and O–H groups in total. The van der Waals surface area contributed by atoms with Crippen molar-refractivity contribution in [3.8, 4) is 0 Å². The van der Waals surface area contributed by atoms with Crippen molar-refractivity contribution >= 4 is 19.7 Å². The predicted octanol–water partition coefficient (Wildman–Crippen LogP) is 3.57. The molecule has 5 heteroatoms. The van der Waals surface area contributed by atoms with Gasteiger partial charge in [-0.25, -0.2) is 8.42 Å². The minimum Gasteiger partial charge on any atom is -0.378 e. The van der Waals surface area contributed by atoms with E-state index in [9.17, 15) is 8.42 Å². The van der Waals surface area contributed by atoms with Crippen LogP contribution in [-0.2, 0) is 13.8 Å². The standard InChI is InChI=1S/C13H25ClO3S/c1-11-6-7-13(10-12(11)2)17-8-4-3-5-9-18(14,15)16/h11-13H,3-10H2,1-2H3. The van der Waals surface area contributed by atoms with Crippen molar-refractivity contribution in [1.29, 1.82) is 0 Å². The van der Waals surface area contributed by atoms with Crippen LogP contribution in [-0.4, -0.2) is 26.9 Å². The van der Waals surface area contributed by atoms with Crippen LogP contribution in [0.4, 0.5) is 0 Å². The minimum absolute atomic E-state index is 0.0759. The number of hydrogen-bond donors (Lipinski definition) is 0. The largest absolute Gasteiger partial charge is 0.378 e. The maximum atomic E-state index is 10.7. The van der Waals surface area contributed by atoms with Gasteiger partial charge >= 0.3 is 0 Å². The molecule has 0 bridgehead atoms. The molecular weight excluding hydrogens is 272 g/mol. The molecule has 108 valence electrons. The fourth-order valence-electron chi connectivity index (χ4n) is 2.45. The molecule has 1 aliphatic rings. The molecule has 3 unspecified atom stereocenters. The molecule has 1 rings (SSSR count). The Hall–Kier alpha value is 0.200. The van der Waals surface area contributed by atoms with Crippen molar-refractivity contribution < 1.29 is 13.2 Å². The van der Waals surface area contributed by atoms with Gasteiger partial charge in [0.25, 0.3) is 0 Å². The molecule has 0 heterocycles. The van der Waals surface area contributed by atoms with Gasteiger partial charge in [-0.15, -0.1) is 0 Å². The highest BCUT2D eigenvalue weighted by atomic mass is 35.7. The zero-order chi connectivity index (χ0) is 13.6. The monoisotopic (exact) mass is 296 g/mol. The molecule has 18 heavy (non-hydrogen) atoms. The summed E-state index contributed by atoms with van der Waals surface area (Å²) in [5.74, 6) is 1.65. The van der Waals surface area contributed by atoms with Crippen LogP contribution in [0.5, 0.6) is 0 Å². The van der Waals surface area contributed by atoms with E-state index in [1.807, 2.05) is 0 Å². The van der Waals surface area contributed by atoms with E-state index in [0.717, 1.165) is 37.7 Å². The predicted molar refractivity (Wildman–Crippen MR) is 75.4 cm³/mol. The lowest BCUT2D eigenvalue weighted by atomic mass is 9.80. The Bertz CT molecular complexity index is 329. The molecule has 0 aromatic rings. The lowest BCUT2D eigenvalue weighted by Crippen LogP contribution is -2.27. The maximum Gasteiger partial charge on any atom is 0.232 e. The van der Waals surface area contributed by atoms with E-state index in [4.69, 9.17) is 15.4 Å². The Morgan fingerprint density at radius 2 is 1.83 bits per heavy atom. The topological polar surface area (TPSA) is 43.4 Å². The summed E-state index contributed by atoms with van der Waals surface area (Å²) in [5.41, 5.74) is 0. The Morgan fingerprint density at radius 3 is 2.44 bits per heavy atom. The normalized spacial score (nSPS) is 29.4. The van der Waals surface area contributed by atoms with Crippen LogP contribution in [0.1, 0.15) is 52.4 Å². The minimum atomic E-state index is -3.31. The third kappa shape index (κ3) is 6.95. The van der Waals surface area contributed by atoms with Crippen LogP contribution < -0.4 is 0 Å². The summed E-state index contributed by atoms with van der Waals surface area (Å²) in [7, 11) is 1.82. The Morgan fingerprint density at radius 1 is 1.11 bits per heavy atom. The SMILES string of the molecule is CC1CCC(OCCCCCS(=O)(=O)Cl)CC1C. The second kappa shape index (κ2) is 7.71. The molecule has 0 spiro atoms. The molecule has 0 amide bonds. The third-order valence-electron chi connectivity index (χ3n) is 3.94. The lowest BCUT2D eigenvalue weighted by molar-refractivity contribution is 0.00113. The zero-order valence-corrected chi connectivity index (χ0v) is 13.0. The number of ether oxygens (including phenoxy) is 1. The highest BCUT2D eigenvalue weighted by Crippen LogP contribution is 2.30. The second-order valence-electron chi connectivity index (χ2n) is 5.56. The molecular formula is C13H25ClO3S. The van der Waals surface area contributed by atoms with Crippen molar-refractivity contribution in [2.45, 2.75) is 58.5 Å². The molecule has 3 nitrogen and oxygen atoms in total. The van der Waals surface area contributed by atoms with E-state index < -0.39 is 9.05 Å². The van der Waals surface area contributed by atoms with Gasteiger partial charge < -0.3 is 4.74 Å². The van der Waals surface area contributed by atoms with Gasteiger partial charge in [0.2, 0.25) is 9.05 Å². The molecule has 1 saturated carbocycles. The van der Waals surface area contributed by atoms with Crippen LogP contribution in [0.2, 0.25) is 0 Å². The number of rotatable bonds is 7. The smallest absolute Gasteiger partial charge is 0.232 e. The van der Waals surface area contributed by atoms with E-state index in [1.165, 1.54) is 12.8 Å². The highest BCUT2D eigenvalue weighted by molar-refractivity contribution is 8.13. The molecule has 3 atom stereocenters. The van der Waals surface area contributed by atoms with Crippen LogP contribution in [0.15, 0.2) is 0 Å². The molecule has 1 aliphatic carbocycles. The summed E-state index contributed by atoms with van der Waals surface area (Å²) < 4.78 is 27.3. The molecule has 1 fully saturated rings. The summed E-state index contributed by atoms with van der Waals surface area (Å²) in [6, 6.07) is 0. The Kier molecular flexibility index (Phi) is 6.96. The molecule has 0 aromatic heterocycles. The van der Waals surface area contributed by atoms with Gasteiger partial charge in [0.1, 0.15) is 0 Å². The molecule has 0 radical (unpaired) electrons. The van der Waals surface area contributed by atoms with E-state index in [2.05, 4.69) is 13.8 Å². The van der Waals surface area contributed by atoms with Crippen LogP contribution in [0.3, 0.4) is 0 Å². The van der Waals surface area contributed by atoms with Crippen molar-refractivity contribution in [2.24, 2.45) is 11.8 Å². The van der Waals surface area contributed by atoms with Gasteiger partial charge in [0.05, 0.1) is 11.9 Å². The first-order valence-electron chi connectivity index (χ1n) is 6.92. The first-order chi connectivity index (χ1) is 8.38. The molecule has 0 saturated heterocycles. The summed E-state index contributed by atoms with van der Waals surface area (Å²) in [4.78, 5) is 0. The first kappa shape index (κ1) is 16.3. The summed E-state index contributed by atoms with van der Waals surface area (Å²) >= 11 is 0. The van der Waals surface area contributed by atoms with Gasteiger partial charge in [0.15, 0.2) is 0 Å². The quantitative estimate of drug-likeness (QED) is 0.533. The van der Waals surface area contributed by atoms with Gasteiger partial charge in [-0.2, -0.15) is 0 Å². The third-order valence-corrected chi connectivity index (χ3v) is 5.18. The van der Waals surface area contributed by atoms with E-state index in [1.54, 1.807) is 0 Å². The van der Waals surface area contributed by atoms with Crippen molar-refractivity contribution in [2.75, 3.05) is 12.4 Å². The summed E-state index contributed by atoms with van der Waals surface area (Å²) in [6.45, 7) is 5.35. The Balaban J connectivity index is 2.01. The van der Waals surface area contributed by atoms with E-state index in [0.29, 0.717) is 12.5 Å². The second-order valence-corrected chi connectivity index (χ2v) is 8.46. The van der Waals surface area contributed by atoms with E-state index >= 15 is 0 Å². The molecule has 0 aromatic carbocycles. The number of halogens is 1. The van der Waals surface area contributed by atoms with Crippen molar-refractivity contribution in [1.82, 2.24) is 0 Å². The first-order valence-corrected chi connectivity index (χ1v) is 9.40. The zero-order valence-electron chi connectivity index (χ0n) is 11.4. The van der Waals surface area contributed by atoms with Crippen molar-refractivity contribution in [3.63, 3.8) is 0 Å². The van der Waals surface area contributed by atoms with Gasteiger partial charge in [-0.05, 0) is 43.9 Å². The van der Waals surface area contributed by atoms with E-state index in [-0.39, 0.29) is 5.75 Å². The van der Waals surface area contributed by atoms with Gasteiger partial charge in [-0.3, -0.25) is 0 Å². The maximum absolute atomic E-state index is 10.7. The summed E-state index contributed by atoms with van der Waals surface area (Å²) in [5, 5.41) is 0. The fraction of sp³-hybridized carbons (Fsp3) is 1.00. The lowest BCUT2D eigenvalue weighted by Gasteiger charge is -2.31. The average molecular weight is 297 g/mol. The van der Waals surface area contributed by atoms with Crippen molar-refractivity contribution in [3.05, 3.63) is 0 Å². The van der Waals surface area contributed by atoms with Crippen LogP contribution in [0.25, 0.3) is 0 Å². The highest BCUT2D eigenvalue weighted by Gasteiger charge is 2.24. The van der Waals surface area contributed by atoms with Gasteiger partial charge in [-0.1, -0.05) is 20.3 Å². The average Bonchev–Trinajstić information content (AvgIpc) is 2.26. The van der Waals surface area contributed by atoms with Crippen LogP contribution in [0, 0.1) is 11.8 Å². The number of hydrogen-bond acceptors (Lipinski definition) is 3. The van der Waals surface area contributed by atoms with Crippen LogP contribution >= 0.6 is 10.7 Å². The summed E-state index contributed by atoms with van der Waals surface area (Å²) in [6.07, 6.45) is 6.42. The number of unbranched alkanes of at least 4 members (excludes halogenated alkanes) is 2. The fourth-order valence-corrected chi connectivity index (χ4v) is 3.33. The Labute approximate surface area is 116 Å².